The van der Waals surface area contributed by atoms with Gasteiger partial charge in [0.2, 0.25) is 5.91 Å². The molecular weight excluding hydrogens is 290 g/mol. The van der Waals surface area contributed by atoms with E-state index in [2.05, 4.69) is 5.32 Å². The highest BCUT2D eigenvalue weighted by Crippen LogP contribution is 2.44. The molecule has 1 aromatic rings. The zero-order chi connectivity index (χ0) is 15.9. The number of benzene rings is 1. The number of fused-ring (bicyclic) bond motifs is 2. The number of amides is 1. The third kappa shape index (κ3) is 2.43. The zero-order valence-corrected chi connectivity index (χ0v) is 11.6. The molecular formula is C15H15NO6. The van der Waals surface area contributed by atoms with Crippen LogP contribution in [0.1, 0.15) is 23.2 Å². The highest BCUT2D eigenvalue weighted by molar-refractivity contribution is 5.96. The Morgan fingerprint density at radius 3 is 2.14 bits per heavy atom. The average molecular weight is 305 g/mol. The number of rotatable bonds is 4. The Morgan fingerprint density at radius 1 is 1.00 bits per heavy atom. The first-order valence-electron chi connectivity index (χ1n) is 7.00. The lowest BCUT2D eigenvalue weighted by Gasteiger charge is -2.23. The Balaban J connectivity index is 1.73. The molecule has 2 aliphatic heterocycles. The Hall–Kier alpha value is -2.41. The predicted molar refractivity (Wildman–Crippen MR) is 74.5 cm³/mol. The van der Waals surface area contributed by atoms with E-state index < -0.39 is 35.8 Å². The molecule has 0 aromatic heterocycles. The number of carboxylic acids is 2. The van der Waals surface area contributed by atoms with Gasteiger partial charge in [-0.15, -0.1) is 0 Å². The number of anilines is 1. The lowest BCUT2D eigenvalue weighted by Crippen LogP contribution is -2.40. The lowest BCUT2D eigenvalue weighted by molar-refractivity contribution is -0.147. The van der Waals surface area contributed by atoms with E-state index in [1.165, 1.54) is 24.3 Å². The molecule has 4 atom stereocenters. The molecule has 22 heavy (non-hydrogen) atoms. The fourth-order valence-corrected chi connectivity index (χ4v) is 3.25. The summed E-state index contributed by atoms with van der Waals surface area (Å²) in [5, 5.41) is 20.8. The van der Waals surface area contributed by atoms with E-state index >= 15 is 0 Å². The van der Waals surface area contributed by atoms with Gasteiger partial charge in [-0.3, -0.25) is 9.59 Å². The summed E-state index contributed by atoms with van der Waals surface area (Å²) in [5.41, 5.74) is 0.548. The van der Waals surface area contributed by atoms with E-state index in [0.717, 1.165) is 0 Å². The Kier molecular flexibility index (Phi) is 3.58. The van der Waals surface area contributed by atoms with Crippen molar-refractivity contribution in [2.24, 2.45) is 11.8 Å². The monoisotopic (exact) mass is 305 g/mol. The quantitative estimate of drug-likeness (QED) is 0.770. The summed E-state index contributed by atoms with van der Waals surface area (Å²) in [5.74, 6) is -4.01. The maximum atomic E-state index is 12.4. The second-order valence-corrected chi connectivity index (χ2v) is 5.55. The molecule has 2 aliphatic rings. The highest BCUT2D eigenvalue weighted by Gasteiger charge is 2.55. The number of carboxylic acid groups (broad SMARTS) is 2. The van der Waals surface area contributed by atoms with Crippen LogP contribution in [-0.4, -0.2) is 40.3 Å². The standard InChI is InChI=1S/C15H15NO6/c17-13(16-8-3-1-7(2-4-8)14(18)19)11-9-5-6-10(22-9)12(11)15(20)21/h1-4,9-12H,5-6H2,(H,16,17)(H,18,19)(H,20,21)/t9-,10-,11-,12-/m1/s1. The molecule has 0 saturated carbocycles. The van der Waals surface area contributed by atoms with Crippen molar-refractivity contribution < 1.29 is 29.3 Å². The molecule has 2 fully saturated rings. The van der Waals surface area contributed by atoms with Crippen LogP contribution in [0.25, 0.3) is 0 Å². The van der Waals surface area contributed by atoms with Gasteiger partial charge in [0.1, 0.15) is 0 Å². The fourth-order valence-electron chi connectivity index (χ4n) is 3.25. The van der Waals surface area contributed by atoms with Gasteiger partial charge in [0.25, 0.3) is 0 Å². The van der Waals surface area contributed by atoms with Gasteiger partial charge in [0.15, 0.2) is 0 Å². The number of hydrogen-bond donors (Lipinski definition) is 3. The number of carbonyl (C=O) groups excluding carboxylic acids is 1. The van der Waals surface area contributed by atoms with Gasteiger partial charge in [-0.1, -0.05) is 0 Å². The third-order valence-electron chi connectivity index (χ3n) is 4.26. The first kappa shape index (κ1) is 14.5. The fraction of sp³-hybridized carbons (Fsp3) is 0.400. The van der Waals surface area contributed by atoms with Crippen LogP contribution in [0.15, 0.2) is 24.3 Å². The van der Waals surface area contributed by atoms with Crippen molar-refractivity contribution in [3.8, 4) is 0 Å². The summed E-state index contributed by atoms with van der Waals surface area (Å²) in [6.45, 7) is 0. The first-order valence-corrected chi connectivity index (χ1v) is 7.00. The van der Waals surface area contributed by atoms with Gasteiger partial charge in [-0.05, 0) is 37.1 Å². The number of carbonyl (C=O) groups is 3. The maximum absolute atomic E-state index is 12.4. The molecule has 0 aliphatic carbocycles. The molecule has 3 N–H and O–H groups in total. The van der Waals surface area contributed by atoms with Crippen LogP contribution in [0.4, 0.5) is 5.69 Å². The molecule has 1 aromatic carbocycles. The Labute approximate surface area is 125 Å². The number of hydrogen-bond acceptors (Lipinski definition) is 4. The topological polar surface area (TPSA) is 113 Å². The molecule has 1 amide bonds. The molecule has 116 valence electrons. The molecule has 3 rings (SSSR count). The Morgan fingerprint density at radius 2 is 1.59 bits per heavy atom. The normalized spacial score (nSPS) is 29.3. The van der Waals surface area contributed by atoms with Crippen LogP contribution in [-0.2, 0) is 14.3 Å². The minimum Gasteiger partial charge on any atom is -0.481 e. The van der Waals surface area contributed by atoms with Gasteiger partial charge < -0.3 is 20.3 Å². The second-order valence-electron chi connectivity index (χ2n) is 5.55. The molecule has 7 heteroatoms. The smallest absolute Gasteiger partial charge is 0.335 e. The molecule has 0 unspecified atom stereocenters. The van der Waals surface area contributed by atoms with E-state index in [4.69, 9.17) is 9.84 Å². The molecule has 0 radical (unpaired) electrons. The number of aliphatic carboxylic acids is 1. The summed E-state index contributed by atoms with van der Waals surface area (Å²) in [6.07, 6.45) is 0.598. The van der Waals surface area contributed by atoms with Crippen LogP contribution < -0.4 is 5.32 Å². The largest absolute Gasteiger partial charge is 0.481 e. The van der Waals surface area contributed by atoms with Gasteiger partial charge in [0.05, 0.1) is 29.6 Å². The van der Waals surface area contributed by atoms with E-state index in [0.29, 0.717) is 18.5 Å². The van der Waals surface area contributed by atoms with Gasteiger partial charge in [0, 0.05) is 5.69 Å². The van der Waals surface area contributed by atoms with E-state index in [-0.39, 0.29) is 11.7 Å². The number of nitrogens with one attached hydrogen (secondary N) is 1. The summed E-state index contributed by atoms with van der Waals surface area (Å²) >= 11 is 0. The van der Waals surface area contributed by atoms with Crippen molar-refractivity contribution >= 4 is 23.5 Å². The van der Waals surface area contributed by atoms with Gasteiger partial charge >= 0.3 is 11.9 Å². The number of ether oxygens (including phenoxy) is 1. The van der Waals surface area contributed by atoms with Gasteiger partial charge in [-0.25, -0.2) is 4.79 Å². The number of aromatic carboxylic acids is 1. The minimum absolute atomic E-state index is 0.115. The SMILES string of the molecule is O=C(O)c1ccc(NC(=O)[C@H]2[C@H](C(=O)O)[C@H]3CC[C@H]2O3)cc1. The van der Waals surface area contributed by atoms with Crippen LogP contribution >= 0.6 is 0 Å². The van der Waals surface area contributed by atoms with Crippen molar-refractivity contribution in [1.82, 2.24) is 0 Å². The van der Waals surface area contributed by atoms with Crippen molar-refractivity contribution in [1.29, 1.82) is 0 Å². The predicted octanol–water partition coefficient (Wildman–Crippen LogP) is 1.20. The molecule has 2 bridgehead atoms. The zero-order valence-electron chi connectivity index (χ0n) is 11.6. The Bertz CT molecular complexity index is 625. The minimum atomic E-state index is -1.05. The maximum Gasteiger partial charge on any atom is 0.335 e. The van der Waals surface area contributed by atoms with Crippen LogP contribution in [0.2, 0.25) is 0 Å². The molecule has 0 spiro atoms. The third-order valence-corrected chi connectivity index (χ3v) is 4.26. The highest BCUT2D eigenvalue weighted by atomic mass is 16.5. The first-order chi connectivity index (χ1) is 10.5. The second kappa shape index (κ2) is 5.42. The molecule has 7 nitrogen and oxygen atoms in total. The van der Waals surface area contributed by atoms with Crippen molar-refractivity contribution in [3.63, 3.8) is 0 Å². The summed E-state index contributed by atoms with van der Waals surface area (Å²) in [4.78, 5) is 34.5. The molecule has 2 heterocycles. The van der Waals surface area contributed by atoms with Crippen molar-refractivity contribution in [2.45, 2.75) is 25.0 Å². The van der Waals surface area contributed by atoms with Crippen LogP contribution in [0.3, 0.4) is 0 Å². The average Bonchev–Trinajstić information content (AvgIpc) is 3.08. The summed E-state index contributed by atoms with van der Waals surface area (Å²) < 4.78 is 5.55. The molecule has 2 saturated heterocycles. The van der Waals surface area contributed by atoms with Crippen molar-refractivity contribution in [3.05, 3.63) is 29.8 Å². The summed E-state index contributed by atoms with van der Waals surface area (Å²) in [6, 6.07) is 5.71. The van der Waals surface area contributed by atoms with E-state index in [1.54, 1.807) is 0 Å². The van der Waals surface area contributed by atoms with E-state index in [9.17, 15) is 19.5 Å². The summed E-state index contributed by atoms with van der Waals surface area (Å²) in [7, 11) is 0. The van der Waals surface area contributed by atoms with E-state index in [1.807, 2.05) is 0 Å². The lowest BCUT2D eigenvalue weighted by atomic mass is 9.78. The van der Waals surface area contributed by atoms with Crippen LogP contribution in [0.5, 0.6) is 0 Å². The van der Waals surface area contributed by atoms with Gasteiger partial charge in [-0.2, -0.15) is 0 Å². The van der Waals surface area contributed by atoms with Crippen LogP contribution in [0, 0.1) is 11.8 Å². The van der Waals surface area contributed by atoms with Crippen molar-refractivity contribution in [2.75, 3.05) is 5.32 Å².